The first-order chi connectivity index (χ1) is 13.7. The van der Waals surface area contributed by atoms with E-state index in [2.05, 4.69) is 50.4 Å². The van der Waals surface area contributed by atoms with E-state index in [0.29, 0.717) is 19.3 Å². The van der Waals surface area contributed by atoms with Gasteiger partial charge < -0.3 is 14.8 Å². The number of nitrogens with one attached hydrogen (secondary N) is 1. The molecule has 154 valence electrons. The van der Waals surface area contributed by atoms with Crippen molar-refractivity contribution in [2.24, 2.45) is 0 Å². The van der Waals surface area contributed by atoms with Crippen LogP contribution in [0.2, 0.25) is 0 Å². The van der Waals surface area contributed by atoms with Crippen LogP contribution in [0.25, 0.3) is 0 Å². The molecule has 2 atom stereocenters. The Bertz CT molecular complexity index is 657. The highest BCUT2D eigenvalue weighted by molar-refractivity contribution is 9.09. The zero-order chi connectivity index (χ0) is 19.4. The van der Waals surface area contributed by atoms with Crippen molar-refractivity contribution in [1.29, 1.82) is 0 Å². The van der Waals surface area contributed by atoms with Crippen LogP contribution in [-0.2, 0) is 15.9 Å². The van der Waals surface area contributed by atoms with E-state index in [1.54, 1.807) is 0 Å². The predicted molar refractivity (Wildman–Crippen MR) is 120 cm³/mol. The van der Waals surface area contributed by atoms with Gasteiger partial charge in [0.25, 0.3) is 0 Å². The smallest absolute Gasteiger partial charge is 0.170 e. The number of ether oxygens (including phenoxy) is 2. The summed E-state index contributed by atoms with van der Waals surface area (Å²) in [6, 6.07) is 9.41. The molecule has 28 heavy (non-hydrogen) atoms. The fraction of sp³-hybridized carbons (Fsp3) is 0.682. The van der Waals surface area contributed by atoms with Crippen molar-refractivity contribution in [2.75, 3.05) is 31.6 Å². The molecule has 1 aliphatic carbocycles. The van der Waals surface area contributed by atoms with E-state index in [1.165, 1.54) is 37.9 Å². The van der Waals surface area contributed by atoms with Gasteiger partial charge in [-0.3, -0.25) is 4.90 Å². The molecule has 1 saturated carbocycles. The third kappa shape index (κ3) is 4.78. The molecular formula is C22H31BrN2O2S. The summed E-state index contributed by atoms with van der Waals surface area (Å²) in [5.74, 6) is -0.415. The van der Waals surface area contributed by atoms with Gasteiger partial charge in [-0.05, 0) is 50.8 Å². The van der Waals surface area contributed by atoms with Crippen LogP contribution in [0.1, 0.15) is 49.7 Å². The van der Waals surface area contributed by atoms with Gasteiger partial charge in [0.2, 0.25) is 0 Å². The van der Waals surface area contributed by atoms with Gasteiger partial charge in [0.15, 0.2) is 5.79 Å². The second kappa shape index (κ2) is 9.52. The zero-order valence-corrected chi connectivity index (χ0v) is 18.9. The highest BCUT2D eigenvalue weighted by Gasteiger charge is 2.44. The highest BCUT2D eigenvalue weighted by atomic mass is 79.9. The molecule has 2 heterocycles. The lowest BCUT2D eigenvalue weighted by atomic mass is 9.99. The second-order valence-corrected chi connectivity index (χ2v) is 9.43. The highest BCUT2D eigenvalue weighted by Crippen LogP contribution is 2.37. The van der Waals surface area contributed by atoms with Crippen molar-refractivity contribution < 1.29 is 9.47 Å². The molecular weight excluding hydrogens is 436 g/mol. The number of aryl methyl sites for hydroxylation is 1. The Morgan fingerprint density at radius 2 is 1.86 bits per heavy atom. The third-order valence-electron chi connectivity index (χ3n) is 6.39. The summed E-state index contributed by atoms with van der Waals surface area (Å²) in [5, 5.41) is 4.71. The molecule has 0 radical (unpaired) electrons. The molecule has 2 unspecified atom stereocenters. The lowest BCUT2D eigenvalue weighted by Gasteiger charge is -2.37. The number of benzene rings is 1. The normalized spacial score (nSPS) is 27.8. The Kier molecular flexibility index (Phi) is 7.05. The number of hydrogen-bond acceptors (Lipinski definition) is 4. The fourth-order valence-electron chi connectivity index (χ4n) is 4.96. The molecule has 4 rings (SSSR count). The van der Waals surface area contributed by atoms with Crippen LogP contribution in [0.5, 0.6) is 0 Å². The van der Waals surface area contributed by atoms with Gasteiger partial charge in [0.05, 0.1) is 13.2 Å². The summed E-state index contributed by atoms with van der Waals surface area (Å²) in [5.41, 5.74) is 2.43. The van der Waals surface area contributed by atoms with E-state index in [-0.39, 0.29) is 6.04 Å². The molecule has 2 saturated heterocycles. The van der Waals surface area contributed by atoms with E-state index in [1.807, 2.05) is 0 Å². The van der Waals surface area contributed by atoms with E-state index < -0.39 is 5.79 Å². The van der Waals surface area contributed by atoms with Gasteiger partial charge in [0.1, 0.15) is 4.99 Å². The largest absolute Gasteiger partial charge is 0.371 e. The molecule has 4 nitrogen and oxygen atoms in total. The number of rotatable bonds is 5. The van der Waals surface area contributed by atoms with Crippen LogP contribution in [0, 0.1) is 0 Å². The summed E-state index contributed by atoms with van der Waals surface area (Å²) in [4.78, 5) is 3.50. The van der Waals surface area contributed by atoms with Gasteiger partial charge in [-0.1, -0.05) is 52.4 Å². The molecule has 2 aliphatic heterocycles. The molecule has 1 spiro atoms. The molecule has 0 aromatic heterocycles. The first-order valence-electron chi connectivity index (χ1n) is 10.7. The van der Waals surface area contributed by atoms with Gasteiger partial charge in [-0.15, -0.1) is 0 Å². The first-order valence-corrected chi connectivity index (χ1v) is 12.2. The summed E-state index contributed by atoms with van der Waals surface area (Å²) in [6.45, 7) is 3.82. The minimum absolute atomic E-state index is 0.258. The summed E-state index contributed by atoms with van der Waals surface area (Å²) < 4.78 is 12.2. The molecule has 3 aliphatic rings. The number of hydrogen-bond donors (Lipinski definition) is 1. The maximum Gasteiger partial charge on any atom is 0.170 e. The van der Waals surface area contributed by atoms with Crippen molar-refractivity contribution >= 4 is 33.1 Å². The minimum Gasteiger partial charge on any atom is -0.371 e. The van der Waals surface area contributed by atoms with Crippen LogP contribution < -0.4 is 5.32 Å². The van der Waals surface area contributed by atoms with Crippen molar-refractivity contribution in [1.82, 2.24) is 10.2 Å². The minimum atomic E-state index is -0.415. The van der Waals surface area contributed by atoms with Crippen LogP contribution in [0.3, 0.4) is 0 Å². The van der Waals surface area contributed by atoms with Crippen molar-refractivity contribution in [3.8, 4) is 0 Å². The van der Waals surface area contributed by atoms with E-state index >= 15 is 0 Å². The van der Waals surface area contributed by atoms with Crippen molar-refractivity contribution in [2.45, 2.75) is 62.8 Å². The summed E-state index contributed by atoms with van der Waals surface area (Å²) in [6.07, 6.45) is 7.84. The maximum absolute atomic E-state index is 6.10. The quantitative estimate of drug-likeness (QED) is 0.522. The topological polar surface area (TPSA) is 33.7 Å². The molecule has 0 bridgehead atoms. The third-order valence-corrected chi connectivity index (χ3v) is 7.14. The Morgan fingerprint density at radius 3 is 2.54 bits per heavy atom. The van der Waals surface area contributed by atoms with Gasteiger partial charge >= 0.3 is 0 Å². The van der Waals surface area contributed by atoms with Crippen LogP contribution in [0.15, 0.2) is 24.3 Å². The number of nitrogens with zero attached hydrogens (tertiary/aromatic N) is 1. The number of likely N-dealkylation sites (tertiary alicyclic amines) is 1. The molecule has 1 N–H and O–H groups in total. The zero-order valence-electron chi connectivity index (χ0n) is 16.5. The first kappa shape index (κ1) is 20.7. The Balaban J connectivity index is 1.50. The van der Waals surface area contributed by atoms with E-state index in [9.17, 15) is 0 Å². The van der Waals surface area contributed by atoms with Gasteiger partial charge in [-0.25, -0.2) is 0 Å². The number of halogens is 1. The number of alkyl halides is 1. The standard InChI is InChI=1S/C22H31BrN2O2S/c23-11-9-17-5-7-18(8-6-17)21(28)24-19-16-22(26-14-15-27-22)10-3-4-20(19)25-12-1-2-13-25/h5-8,19-20H,1-4,9-16H2,(H,24,28). The molecule has 1 aromatic carbocycles. The second-order valence-electron chi connectivity index (χ2n) is 8.23. The summed E-state index contributed by atoms with van der Waals surface area (Å²) in [7, 11) is 0. The van der Waals surface area contributed by atoms with Crippen molar-refractivity contribution in [3.05, 3.63) is 35.4 Å². The molecule has 3 fully saturated rings. The van der Waals surface area contributed by atoms with Crippen molar-refractivity contribution in [3.63, 3.8) is 0 Å². The van der Waals surface area contributed by atoms with E-state index in [0.717, 1.165) is 41.6 Å². The van der Waals surface area contributed by atoms with Crippen LogP contribution in [-0.4, -0.2) is 59.4 Å². The average molecular weight is 467 g/mol. The maximum atomic E-state index is 6.10. The molecule has 1 aromatic rings. The molecule has 6 heteroatoms. The Hall–Kier alpha value is -0.530. The average Bonchev–Trinajstić information content (AvgIpc) is 3.35. The van der Waals surface area contributed by atoms with Gasteiger partial charge in [0, 0.05) is 35.8 Å². The summed E-state index contributed by atoms with van der Waals surface area (Å²) >= 11 is 9.33. The lowest BCUT2D eigenvalue weighted by molar-refractivity contribution is -0.168. The number of thiocarbonyl (C=S) groups is 1. The van der Waals surface area contributed by atoms with E-state index in [4.69, 9.17) is 21.7 Å². The predicted octanol–water partition coefficient (Wildman–Crippen LogP) is 4.04. The van der Waals surface area contributed by atoms with Crippen LogP contribution in [0.4, 0.5) is 0 Å². The Morgan fingerprint density at radius 1 is 1.14 bits per heavy atom. The van der Waals surface area contributed by atoms with Crippen LogP contribution >= 0.6 is 28.1 Å². The lowest BCUT2D eigenvalue weighted by Crippen LogP contribution is -2.52. The fourth-order valence-corrected chi connectivity index (χ4v) is 5.70. The van der Waals surface area contributed by atoms with Gasteiger partial charge in [-0.2, -0.15) is 0 Å². The molecule has 0 amide bonds. The SMILES string of the molecule is S=C(NC1CC2(CCCC1N1CCCC1)OCCO2)c1ccc(CCBr)cc1. The monoisotopic (exact) mass is 466 g/mol. The Labute approximate surface area is 182 Å².